The third-order valence-corrected chi connectivity index (χ3v) is 5.68. The predicted molar refractivity (Wildman–Crippen MR) is 108 cm³/mol. The van der Waals surface area contributed by atoms with Crippen molar-refractivity contribution in [3.05, 3.63) is 52.7 Å². The lowest BCUT2D eigenvalue weighted by Crippen LogP contribution is -2.25. The summed E-state index contributed by atoms with van der Waals surface area (Å²) < 4.78 is 0. The van der Waals surface area contributed by atoms with Crippen LogP contribution in [0.2, 0.25) is 0 Å². The number of nitrogens with one attached hydrogen (secondary N) is 3. The van der Waals surface area contributed by atoms with E-state index < -0.39 is 0 Å². The molecule has 0 atom stereocenters. The summed E-state index contributed by atoms with van der Waals surface area (Å²) in [6, 6.07) is 11.6. The molecule has 144 valence electrons. The number of hydrogen-bond donors (Lipinski definition) is 3. The fraction of sp³-hybridized carbons (Fsp3) is 0.300. The van der Waals surface area contributed by atoms with Gasteiger partial charge in [0.05, 0.1) is 9.88 Å². The van der Waals surface area contributed by atoms with Gasteiger partial charge in [-0.2, -0.15) is 5.10 Å². The van der Waals surface area contributed by atoms with E-state index >= 15 is 0 Å². The molecule has 2 aromatic heterocycles. The number of carbonyl (C=O) groups excluding carboxylic acids is 2. The van der Waals surface area contributed by atoms with Crippen molar-refractivity contribution in [2.75, 3.05) is 11.9 Å². The van der Waals surface area contributed by atoms with Gasteiger partial charge >= 0.3 is 0 Å². The molecule has 3 aromatic rings. The third-order valence-electron chi connectivity index (χ3n) is 4.53. The van der Waals surface area contributed by atoms with Gasteiger partial charge in [-0.1, -0.05) is 30.3 Å². The number of aromatic amines is 1. The number of rotatable bonds is 7. The number of carbonyl (C=O) groups is 2. The number of aromatic nitrogens is 3. The minimum Gasteiger partial charge on any atom is -0.351 e. The van der Waals surface area contributed by atoms with Gasteiger partial charge in [0, 0.05) is 24.4 Å². The van der Waals surface area contributed by atoms with E-state index in [1.54, 1.807) is 0 Å². The number of H-pyrrole nitrogens is 1. The topological polar surface area (TPSA) is 99.8 Å². The second kappa shape index (κ2) is 7.93. The van der Waals surface area contributed by atoms with E-state index in [4.69, 9.17) is 0 Å². The molecule has 1 saturated carbocycles. The second-order valence-corrected chi connectivity index (χ2v) is 7.92. The lowest BCUT2D eigenvalue weighted by Gasteiger charge is -2.03. The van der Waals surface area contributed by atoms with Crippen LogP contribution in [0.5, 0.6) is 0 Å². The number of anilines is 1. The average Bonchev–Trinajstić information content (AvgIpc) is 3.34. The van der Waals surface area contributed by atoms with Crippen LogP contribution in [0.1, 0.15) is 33.9 Å². The van der Waals surface area contributed by atoms with E-state index in [9.17, 15) is 9.59 Å². The molecule has 1 aliphatic rings. The van der Waals surface area contributed by atoms with Gasteiger partial charge in [0.2, 0.25) is 5.91 Å². The molecule has 1 fully saturated rings. The molecule has 28 heavy (non-hydrogen) atoms. The van der Waals surface area contributed by atoms with E-state index in [1.165, 1.54) is 11.3 Å². The fourth-order valence-corrected chi connectivity index (χ4v) is 3.83. The summed E-state index contributed by atoms with van der Waals surface area (Å²) in [6.07, 6.45) is 2.47. The van der Waals surface area contributed by atoms with E-state index in [0.717, 1.165) is 34.8 Å². The molecule has 7 nitrogen and oxygen atoms in total. The summed E-state index contributed by atoms with van der Waals surface area (Å²) in [7, 11) is 0. The van der Waals surface area contributed by atoms with Crippen LogP contribution >= 0.6 is 11.3 Å². The molecule has 0 unspecified atom stereocenters. The summed E-state index contributed by atoms with van der Waals surface area (Å²) in [5, 5.41) is 13.7. The Balaban J connectivity index is 1.30. The zero-order valence-corrected chi connectivity index (χ0v) is 16.3. The van der Waals surface area contributed by atoms with Gasteiger partial charge in [0.15, 0.2) is 5.82 Å². The van der Waals surface area contributed by atoms with Crippen molar-refractivity contribution < 1.29 is 9.59 Å². The first-order valence-corrected chi connectivity index (χ1v) is 10.1. The van der Waals surface area contributed by atoms with Gasteiger partial charge < -0.3 is 10.6 Å². The summed E-state index contributed by atoms with van der Waals surface area (Å²) in [5.74, 6) is 1.42. The summed E-state index contributed by atoms with van der Waals surface area (Å²) in [6.45, 7) is 2.32. The molecular formula is C20H21N5O2S. The molecule has 8 heteroatoms. The maximum atomic E-state index is 12.5. The highest BCUT2D eigenvalue weighted by molar-refractivity contribution is 7.18. The van der Waals surface area contributed by atoms with Crippen LogP contribution in [0.15, 0.2) is 36.4 Å². The molecule has 0 saturated heterocycles. The highest BCUT2D eigenvalue weighted by Gasteiger charge is 2.30. The minimum atomic E-state index is -0.141. The van der Waals surface area contributed by atoms with Gasteiger partial charge in [-0.3, -0.25) is 14.7 Å². The normalized spacial score (nSPS) is 13.3. The van der Waals surface area contributed by atoms with E-state index in [2.05, 4.69) is 25.8 Å². The maximum Gasteiger partial charge on any atom is 0.261 e. The van der Waals surface area contributed by atoms with Crippen molar-refractivity contribution in [1.29, 1.82) is 0 Å². The van der Waals surface area contributed by atoms with E-state index in [0.29, 0.717) is 23.7 Å². The number of hydrogen-bond acceptors (Lipinski definition) is 5. The number of nitrogens with zero attached hydrogens (tertiary/aromatic N) is 2. The predicted octanol–water partition coefficient (Wildman–Crippen LogP) is 3.16. The molecule has 0 spiro atoms. The Morgan fingerprint density at radius 1 is 1.25 bits per heavy atom. The average molecular weight is 395 g/mol. The van der Waals surface area contributed by atoms with Gasteiger partial charge in [-0.15, -0.1) is 11.3 Å². The van der Waals surface area contributed by atoms with Gasteiger partial charge in [-0.05, 0) is 31.4 Å². The van der Waals surface area contributed by atoms with Gasteiger partial charge in [0.25, 0.3) is 5.91 Å². The monoisotopic (exact) mass is 395 g/mol. The zero-order valence-electron chi connectivity index (χ0n) is 15.5. The number of aryl methyl sites for hydroxylation is 1. The number of thiophene rings is 1. The van der Waals surface area contributed by atoms with Crippen LogP contribution in [-0.2, 0) is 11.2 Å². The fourth-order valence-electron chi connectivity index (χ4n) is 2.84. The van der Waals surface area contributed by atoms with Crippen LogP contribution in [-0.4, -0.2) is 33.5 Å². The molecule has 1 aromatic carbocycles. The maximum absolute atomic E-state index is 12.5. The van der Waals surface area contributed by atoms with Crippen LogP contribution in [0.3, 0.4) is 0 Å². The Morgan fingerprint density at radius 3 is 2.79 bits per heavy atom. The van der Waals surface area contributed by atoms with Crippen LogP contribution in [0.25, 0.3) is 11.4 Å². The molecule has 4 rings (SSSR count). The lowest BCUT2D eigenvalue weighted by molar-refractivity contribution is -0.117. The highest BCUT2D eigenvalue weighted by atomic mass is 32.1. The SMILES string of the molecule is Cc1cc(NC(=O)C2CC2)sc1C(=O)NCCc1nc(-c2ccccc2)n[nH]1. The number of benzene rings is 1. The molecule has 0 bridgehead atoms. The van der Waals surface area contributed by atoms with Crippen molar-refractivity contribution in [1.82, 2.24) is 20.5 Å². The summed E-state index contributed by atoms with van der Waals surface area (Å²) in [4.78, 5) is 29.4. The summed E-state index contributed by atoms with van der Waals surface area (Å²) in [5.41, 5.74) is 1.81. The van der Waals surface area contributed by atoms with Crippen LogP contribution < -0.4 is 10.6 Å². The Bertz CT molecular complexity index is 991. The second-order valence-electron chi connectivity index (χ2n) is 6.86. The molecule has 3 N–H and O–H groups in total. The van der Waals surface area contributed by atoms with E-state index in [-0.39, 0.29) is 17.7 Å². The molecule has 0 radical (unpaired) electrons. The van der Waals surface area contributed by atoms with Crippen LogP contribution in [0.4, 0.5) is 5.00 Å². The Kier molecular flexibility index (Phi) is 5.21. The smallest absolute Gasteiger partial charge is 0.261 e. The van der Waals surface area contributed by atoms with Gasteiger partial charge in [0.1, 0.15) is 5.82 Å². The molecule has 2 heterocycles. The van der Waals surface area contributed by atoms with Crippen molar-refractivity contribution >= 4 is 28.2 Å². The first kappa shape index (κ1) is 18.4. The first-order valence-electron chi connectivity index (χ1n) is 9.26. The highest BCUT2D eigenvalue weighted by Crippen LogP contribution is 2.32. The third kappa shape index (κ3) is 4.28. The van der Waals surface area contributed by atoms with Crippen molar-refractivity contribution in [3.63, 3.8) is 0 Å². The van der Waals surface area contributed by atoms with Crippen molar-refractivity contribution in [2.45, 2.75) is 26.2 Å². The quantitative estimate of drug-likeness (QED) is 0.572. The summed E-state index contributed by atoms with van der Waals surface area (Å²) >= 11 is 1.31. The zero-order chi connectivity index (χ0) is 19.5. The number of amides is 2. The van der Waals surface area contributed by atoms with E-state index in [1.807, 2.05) is 43.3 Å². The Hall–Kier alpha value is -3.00. The molecular weight excluding hydrogens is 374 g/mol. The molecule has 1 aliphatic carbocycles. The lowest BCUT2D eigenvalue weighted by atomic mass is 10.2. The first-order chi connectivity index (χ1) is 13.6. The molecule has 2 amide bonds. The Morgan fingerprint density at radius 2 is 2.04 bits per heavy atom. The van der Waals surface area contributed by atoms with Gasteiger partial charge in [-0.25, -0.2) is 4.98 Å². The minimum absolute atomic E-state index is 0.0488. The van der Waals surface area contributed by atoms with Crippen LogP contribution in [0, 0.1) is 12.8 Å². The van der Waals surface area contributed by atoms with Crippen molar-refractivity contribution in [3.8, 4) is 11.4 Å². The largest absolute Gasteiger partial charge is 0.351 e. The van der Waals surface area contributed by atoms with Crippen molar-refractivity contribution in [2.24, 2.45) is 5.92 Å². The molecule has 0 aliphatic heterocycles. The standard InChI is InChI=1S/C20H21N5O2S/c1-12-11-16(23-19(26)14-7-8-14)28-17(12)20(27)21-10-9-15-22-18(25-24-15)13-5-3-2-4-6-13/h2-6,11,14H,7-10H2,1H3,(H,21,27)(H,23,26)(H,22,24,25). The Labute approximate surface area is 166 Å².